The Morgan fingerprint density at radius 2 is 2.14 bits per heavy atom. The summed E-state index contributed by atoms with van der Waals surface area (Å²) in [7, 11) is 3.54. The third-order valence-corrected chi connectivity index (χ3v) is 1.65. The number of hydrogen-bond acceptors (Lipinski definition) is 3. The molecule has 0 rings (SSSR count). The Labute approximate surface area is 83.0 Å². The van der Waals surface area contributed by atoms with Gasteiger partial charge in [-0.05, 0) is 12.8 Å². The molecule has 82 valence electrons. The van der Waals surface area contributed by atoms with Crippen LogP contribution >= 0.6 is 0 Å². The minimum absolute atomic E-state index is 0.194. The van der Waals surface area contributed by atoms with Crippen molar-refractivity contribution in [1.82, 2.24) is 4.90 Å². The van der Waals surface area contributed by atoms with Gasteiger partial charge in [-0.25, -0.2) is 4.79 Å². The molecular formula is C8H17N3O3. The first-order valence-electron chi connectivity index (χ1n) is 4.33. The Bertz CT molecular complexity index is 216. The highest BCUT2D eigenvalue weighted by molar-refractivity contribution is 5.77. The minimum atomic E-state index is -1.30. The van der Waals surface area contributed by atoms with E-state index in [2.05, 4.69) is 4.99 Å². The smallest absolute Gasteiger partial charge is 0.332 e. The number of nitrogens with zero attached hydrogens (tertiary/aromatic N) is 2. The Morgan fingerprint density at radius 3 is 2.57 bits per heavy atom. The van der Waals surface area contributed by atoms with Crippen molar-refractivity contribution in [3.05, 3.63) is 0 Å². The predicted octanol–water partition coefficient (Wildman–Crippen LogP) is -0.912. The molecule has 0 aromatic heterocycles. The molecule has 0 aliphatic carbocycles. The standard InChI is InChI=1S/C8H17N3O3/c1-11(2)8(9)10-5-3-4-6(12)7(13)14/h6,12H,3-5H2,1-2H3,(H2,9,10)(H,13,14)/t6-/m0/s1. The van der Waals surface area contributed by atoms with Gasteiger partial charge in [-0.1, -0.05) is 0 Å². The predicted molar refractivity (Wildman–Crippen MR) is 53.1 cm³/mol. The lowest BCUT2D eigenvalue weighted by Crippen LogP contribution is -2.30. The molecule has 0 aliphatic heterocycles. The van der Waals surface area contributed by atoms with Gasteiger partial charge in [0.15, 0.2) is 12.1 Å². The van der Waals surface area contributed by atoms with Crippen LogP contribution in [0.1, 0.15) is 12.8 Å². The van der Waals surface area contributed by atoms with Crippen molar-refractivity contribution in [2.45, 2.75) is 18.9 Å². The fraction of sp³-hybridized carbons (Fsp3) is 0.750. The van der Waals surface area contributed by atoms with Crippen LogP contribution in [0.25, 0.3) is 0 Å². The third-order valence-electron chi connectivity index (χ3n) is 1.65. The molecule has 0 aromatic carbocycles. The molecule has 0 aromatic rings. The SMILES string of the molecule is CN(C)C(N)=NCCC[C@H](O)C(=O)O. The molecule has 6 nitrogen and oxygen atoms in total. The molecular weight excluding hydrogens is 186 g/mol. The van der Waals surface area contributed by atoms with Gasteiger partial charge in [-0.15, -0.1) is 0 Å². The molecule has 14 heavy (non-hydrogen) atoms. The van der Waals surface area contributed by atoms with Crippen LogP contribution in [0.15, 0.2) is 4.99 Å². The molecule has 0 saturated heterocycles. The third kappa shape index (κ3) is 5.36. The maximum Gasteiger partial charge on any atom is 0.332 e. The zero-order chi connectivity index (χ0) is 11.1. The lowest BCUT2D eigenvalue weighted by molar-refractivity contribution is -0.146. The maximum absolute atomic E-state index is 10.2. The number of nitrogens with two attached hydrogens (primary N) is 1. The Balaban J connectivity index is 3.66. The van der Waals surface area contributed by atoms with Crippen molar-refractivity contribution in [1.29, 1.82) is 0 Å². The molecule has 0 bridgehead atoms. The van der Waals surface area contributed by atoms with Crippen LogP contribution in [0.3, 0.4) is 0 Å². The summed E-state index contributed by atoms with van der Waals surface area (Å²) in [6, 6.07) is 0. The Morgan fingerprint density at radius 1 is 1.57 bits per heavy atom. The number of aliphatic imine (C=N–C) groups is 1. The first-order valence-corrected chi connectivity index (χ1v) is 4.33. The first kappa shape index (κ1) is 12.7. The Kier molecular flexibility index (Phi) is 5.62. The second-order valence-corrected chi connectivity index (χ2v) is 3.13. The van der Waals surface area contributed by atoms with E-state index in [1.54, 1.807) is 19.0 Å². The van der Waals surface area contributed by atoms with Crippen LogP contribution in [0, 0.1) is 0 Å². The molecule has 0 fully saturated rings. The van der Waals surface area contributed by atoms with Crippen molar-refractivity contribution in [3.63, 3.8) is 0 Å². The summed E-state index contributed by atoms with van der Waals surface area (Å²) in [5, 5.41) is 17.3. The van der Waals surface area contributed by atoms with E-state index < -0.39 is 12.1 Å². The first-order chi connectivity index (χ1) is 6.45. The number of aliphatic hydroxyl groups is 1. The topological polar surface area (TPSA) is 99.1 Å². The molecule has 0 amide bonds. The van der Waals surface area contributed by atoms with Gasteiger partial charge in [0.2, 0.25) is 0 Å². The highest BCUT2D eigenvalue weighted by Gasteiger charge is 2.11. The fourth-order valence-corrected chi connectivity index (χ4v) is 0.743. The number of carboxylic acids is 1. The van der Waals surface area contributed by atoms with Crippen LogP contribution in [0.5, 0.6) is 0 Å². The molecule has 1 atom stereocenters. The maximum atomic E-state index is 10.2. The largest absolute Gasteiger partial charge is 0.479 e. The number of hydrogen-bond donors (Lipinski definition) is 3. The summed E-state index contributed by atoms with van der Waals surface area (Å²) in [6.45, 7) is 0.425. The lowest BCUT2D eigenvalue weighted by atomic mass is 10.2. The van der Waals surface area contributed by atoms with Gasteiger partial charge >= 0.3 is 5.97 Å². The van der Waals surface area contributed by atoms with Crippen LogP contribution in [0.2, 0.25) is 0 Å². The van der Waals surface area contributed by atoms with Crippen molar-refractivity contribution >= 4 is 11.9 Å². The lowest BCUT2D eigenvalue weighted by Gasteiger charge is -2.10. The molecule has 0 saturated carbocycles. The quantitative estimate of drug-likeness (QED) is 0.305. The van der Waals surface area contributed by atoms with Crippen molar-refractivity contribution in [2.24, 2.45) is 10.7 Å². The van der Waals surface area contributed by atoms with Gasteiger partial charge in [0.05, 0.1) is 0 Å². The number of aliphatic hydroxyl groups excluding tert-OH is 1. The van der Waals surface area contributed by atoms with Crippen LogP contribution < -0.4 is 5.73 Å². The summed E-state index contributed by atoms with van der Waals surface area (Å²) in [5.74, 6) is -0.802. The van der Waals surface area contributed by atoms with Crippen LogP contribution in [-0.4, -0.2) is 53.8 Å². The van der Waals surface area contributed by atoms with Crippen LogP contribution in [0.4, 0.5) is 0 Å². The van der Waals surface area contributed by atoms with Crippen molar-refractivity contribution < 1.29 is 15.0 Å². The zero-order valence-corrected chi connectivity index (χ0v) is 8.47. The average Bonchev–Trinajstić information content (AvgIpc) is 2.11. The average molecular weight is 203 g/mol. The van der Waals surface area contributed by atoms with Crippen molar-refractivity contribution in [3.8, 4) is 0 Å². The number of carboxylic acid groups (broad SMARTS) is 1. The molecule has 0 aliphatic rings. The highest BCUT2D eigenvalue weighted by Crippen LogP contribution is 1.97. The molecule has 0 unspecified atom stereocenters. The summed E-state index contributed by atoms with van der Waals surface area (Å²) >= 11 is 0. The van der Waals surface area contributed by atoms with Gasteiger partial charge in [-0.2, -0.15) is 0 Å². The fourth-order valence-electron chi connectivity index (χ4n) is 0.743. The molecule has 0 spiro atoms. The summed E-state index contributed by atoms with van der Waals surface area (Å²) < 4.78 is 0. The summed E-state index contributed by atoms with van der Waals surface area (Å²) in [4.78, 5) is 15.8. The Hall–Kier alpha value is -1.30. The number of guanidine groups is 1. The van der Waals surface area contributed by atoms with E-state index in [4.69, 9.17) is 15.9 Å². The van der Waals surface area contributed by atoms with E-state index in [-0.39, 0.29) is 6.42 Å². The van der Waals surface area contributed by atoms with Crippen LogP contribution in [-0.2, 0) is 4.79 Å². The summed E-state index contributed by atoms with van der Waals surface area (Å²) in [6.07, 6.45) is -0.604. The second kappa shape index (κ2) is 6.20. The van der Waals surface area contributed by atoms with E-state index in [1.165, 1.54) is 0 Å². The van der Waals surface area contributed by atoms with Gasteiger partial charge < -0.3 is 20.8 Å². The van der Waals surface area contributed by atoms with Gasteiger partial charge in [0, 0.05) is 20.6 Å². The van der Waals surface area contributed by atoms with Crippen molar-refractivity contribution in [2.75, 3.05) is 20.6 Å². The normalized spacial score (nSPS) is 13.8. The summed E-state index contributed by atoms with van der Waals surface area (Å²) in [5.41, 5.74) is 5.49. The van der Waals surface area contributed by atoms with Gasteiger partial charge in [-0.3, -0.25) is 4.99 Å². The van der Waals surface area contributed by atoms with E-state index in [9.17, 15) is 4.79 Å². The minimum Gasteiger partial charge on any atom is -0.479 e. The molecule has 6 heteroatoms. The van der Waals surface area contributed by atoms with E-state index in [0.29, 0.717) is 18.9 Å². The second-order valence-electron chi connectivity index (χ2n) is 3.13. The highest BCUT2D eigenvalue weighted by atomic mass is 16.4. The number of rotatable bonds is 5. The molecule has 0 radical (unpaired) electrons. The van der Waals surface area contributed by atoms with E-state index in [0.717, 1.165) is 0 Å². The molecule has 4 N–H and O–H groups in total. The molecule has 0 heterocycles. The van der Waals surface area contributed by atoms with Gasteiger partial charge in [0.1, 0.15) is 0 Å². The monoisotopic (exact) mass is 203 g/mol. The zero-order valence-electron chi connectivity index (χ0n) is 8.47. The van der Waals surface area contributed by atoms with E-state index >= 15 is 0 Å². The number of aliphatic carboxylic acids is 1. The number of carbonyl (C=O) groups is 1. The van der Waals surface area contributed by atoms with Gasteiger partial charge in [0.25, 0.3) is 0 Å². The van der Waals surface area contributed by atoms with E-state index in [1.807, 2.05) is 0 Å².